The molecule has 2 aliphatic heterocycles. The number of aromatic nitrogens is 1. The highest BCUT2D eigenvalue weighted by Crippen LogP contribution is 2.47. The lowest BCUT2D eigenvalue weighted by molar-refractivity contribution is -0.153. The van der Waals surface area contributed by atoms with Crippen molar-refractivity contribution in [3.63, 3.8) is 0 Å². The molecule has 0 aliphatic carbocycles. The average Bonchev–Trinajstić information content (AvgIpc) is 3.13. The Bertz CT molecular complexity index is 1030. The smallest absolute Gasteiger partial charge is 0.309 e. The van der Waals surface area contributed by atoms with Crippen LogP contribution in [0.1, 0.15) is 84.3 Å². The predicted octanol–water partition coefficient (Wildman–Crippen LogP) is 6.02. The number of cyclic esters (lactones) is 1. The fourth-order valence-electron chi connectivity index (χ4n) is 6.16. The van der Waals surface area contributed by atoms with Crippen molar-refractivity contribution in [1.82, 2.24) is 9.88 Å². The number of Topliss-reactive ketones (excluding diaryl/α,β-unsaturated/α-hetero) is 1. The number of carbonyl (C=O) groups excluding carboxylic acids is 2. The number of fused-ring (bicyclic) bond motifs is 1. The standard InChI is InChI=1S/C28H46N2O5P2S/c1-16-10-9-11-28(7)22(30(28)8)13-21(17(2)12-20-15-38-19(4)29-20)33-24(31)14-23(34-36)27(5,6)26(32)18(3)25(16)35-37/h12,15-16,18,21-23,25H,9-11,13-14,36-37H2,1-8H3/b17-12+. The number of carbonyl (C=O) groups is 2. The van der Waals surface area contributed by atoms with E-state index >= 15 is 0 Å². The highest BCUT2D eigenvalue weighted by Gasteiger charge is 2.56. The molecular weight excluding hydrogens is 538 g/mol. The number of thiazole rings is 1. The first-order chi connectivity index (χ1) is 17.8. The molecule has 2 saturated heterocycles. The van der Waals surface area contributed by atoms with Gasteiger partial charge in [-0.2, -0.15) is 0 Å². The molecule has 0 N–H and O–H groups in total. The second-order valence-corrected chi connectivity index (χ2v) is 13.7. The van der Waals surface area contributed by atoms with Gasteiger partial charge in [-0.25, -0.2) is 4.98 Å². The molecule has 38 heavy (non-hydrogen) atoms. The minimum atomic E-state index is -0.911. The maximum Gasteiger partial charge on any atom is 0.309 e. The van der Waals surface area contributed by atoms with Crippen LogP contribution in [0.15, 0.2) is 11.0 Å². The van der Waals surface area contributed by atoms with Crippen LogP contribution in [0.25, 0.3) is 6.08 Å². The first kappa shape index (κ1) is 31.8. The lowest BCUT2D eigenvalue weighted by atomic mass is 9.73. The minimum absolute atomic E-state index is 0.0182. The molecule has 7 nitrogen and oxygen atoms in total. The van der Waals surface area contributed by atoms with Crippen molar-refractivity contribution in [2.45, 2.75) is 110 Å². The van der Waals surface area contributed by atoms with E-state index in [1.807, 2.05) is 46.1 Å². The van der Waals surface area contributed by atoms with Crippen LogP contribution in [0.5, 0.6) is 0 Å². The molecule has 3 heterocycles. The Labute approximate surface area is 237 Å². The van der Waals surface area contributed by atoms with E-state index in [1.54, 1.807) is 11.3 Å². The third kappa shape index (κ3) is 6.93. The van der Waals surface area contributed by atoms with E-state index < -0.39 is 11.5 Å². The molecule has 0 saturated carbocycles. The third-order valence-electron chi connectivity index (χ3n) is 9.08. The van der Waals surface area contributed by atoms with Crippen LogP contribution in [0.2, 0.25) is 0 Å². The van der Waals surface area contributed by atoms with Gasteiger partial charge in [0, 0.05) is 48.2 Å². The van der Waals surface area contributed by atoms with Crippen molar-refractivity contribution in [3.05, 3.63) is 21.7 Å². The Balaban J connectivity index is 1.93. The van der Waals surface area contributed by atoms with Gasteiger partial charge in [0.25, 0.3) is 0 Å². The van der Waals surface area contributed by atoms with E-state index in [-0.39, 0.29) is 47.8 Å². The third-order valence-corrected chi connectivity index (χ3v) is 10.5. The van der Waals surface area contributed by atoms with Crippen LogP contribution in [0.4, 0.5) is 0 Å². The van der Waals surface area contributed by atoms with Gasteiger partial charge < -0.3 is 13.8 Å². The number of rotatable bonds is 4. The number of hydrogen-bond acceptors (Lipinski definition) is 8. The summed E-state index contributed by atoms with van der Waals surface area (Å²) in [5.41, 5.74) is 0.984. The summed E-state index contributed by atoms with van der Waals surface area (Å²) in [6, 6.07) is 0.309. The molecule has 2 fully saturated rings. The van der Waals surface area contributed by atoms with Crippen molar-refractivity contribution < 1.29 is 23.4 Å². The maximum absolute atomic E-state index is 13.7. The maximum atomic E-state index is 13.7. The van der Waals surface area contributed by atoms with E-state index in [4.69, 9.17) is 13.8 Å². The summed E-state index contributed by atoms with van der Waals surface area (Å²) in [5.74, 6) is -0.497. The second-order valence-electron chi connectivity index (χ2n) is 12.1. The topological polar surface area (TPSA) is 77.7 Å². The Hall–Kier alpha value is -0.750. The summed E-state index contributed by atoms with van der Waals surface area (Å²) in [5, 5.41) is 3.02. The fraction of sp³-hybridized carbons (Fsp3) is 0.750. The molecular formula is C28H46N2O5P2S. The minimum Gasteiger partial charge on any atom is -0.458 e. The van der Waals surface area contributed by atoms with Crippen molar-refractivity contribution in [1.29, 1.82) is 0 Å². The monoisotopic (exact) mass is 584 g/mol. The summed E-state index contributed by atoms with van der Waals surface area (Å²) in [6.45, 7) is 14.1. The summed E-state index contributed by atoms with van der Waals surface area (Å²) in [7, 11) is 6.75. The van der Waals surface area contributed by atoms with Gasteiger partial charge in [-0.15, -0.1) is 11.3 Å². The average molecular weight is 585 g/mol. The van der Waals surface area contributed by atoms with Crippen LogP contribution >= 0.6 is 30.3 Å². The predicted molar refractivity (Wildman–Crippen MR) is 160 cm³/mol. The van der Waals surface area contributed by atoms with Crippen LogP contribution in [-0.2, 0) is 23.4 Å². The Morgan fingerprint density at radius 3 is 2.50 bits per heavy atom. The van der Waals surface area contributed by atoms with Crippen LogP contribution in [0, 0.1) is 24.2 Å². The van der Waals surface area contributed by atoms with E-state index in [1.165, 1.54) is 0 Å². The van der Waals surface area contributed by atoms with Gasteiger partial charge in [-0.1, -0.05) is 34.1 Å². The normalized spacial score (nSPS) is 37.4. The van der Waals surface area contributed by atoms with Gasteiger partial charge in [0.1, 0.15) is 11.9 Å². The number of esters is 1. The molecule has 1 aromatic heterocycles. The summed E-state index contributed by atoms with van der Waals surface area (Å²) in [4.78, 5) is 34.0. The first-order valence-electron chi connectivity index (χ1n) is 13.5. The molecule has 1 aromatic rings. The molecule has 0 spiro atoms. The largest absolute Gasteiger partial charge is 0.458 e. The van der Waals surface area contributed by atoms with Gasteiger partial charge in [-0.3, -0.25) is 14.5 Å². The van der Waals surface area contributed by atoms with Gasteiger partial charge in [0.2, 0.25) is 0 Å². The van der Waals surface area contributed by atoms with Gasteiger partial charge in [0.05, 0.1) is 34.7 Å². The van der Waals surface area contributed by atoms with Crippen molar-refractivity contribution in [2.75, 3.05) is 7.05 Å². The first-order valence-corrected chi connectivity index (χ1v) is 15.4. The molecule has 10 unspecified atom stereocenters. The number of likely N-dealkylation sites (N-methyl/N-ethyl adjacent to an activating group) is 1. The zero-order chi connectivity index (χ0) is 28.4. The van der Waals surface area contributed by atoms with E-state index in [0.29, 0.717) is 12.5 Å². The number of hydrogen-bond donors (Lipinski definition) is 0. The molecule has 214 valence electrons. The van der Waals surface area contributed by atoms with Crippen molar-refractivity contribution >= 4 is 48.1 Å². The molecule has 0 aromatic carbocycles. The van der Waals surface area contributed by atoms with E-state index in [0.717, 1.165) is 35.5 Å². The number of nitrogens with zero attached hydrogens (tertiary/aromatic N) is 2. The zero-order valence-corrected chi connectivity index (χ0v) is 27.3. The van der Waals surface area contributed by atoms with E-state index in [9.17, 15) is 9.59 Å². The molecule has 10 heteroatoms. The Morgan fingerprint density at radius 1 is 1.24 bits per heavy atom. The lowest BCUT2D eigenvalue weighted by Gasteiger charge is -2.37. The SMILES string of the molecule is C/C(=C\c1csc(C)n1)C1CC2N(C)C2(C)CCCC(C)C(OP)C(C)C(=O)C(C)(C)C(OP)CC(=O)O1. The lowest BCUT2D eigenvalue weighted by Crippen LogP contribution is -2.46. The van der Waals surface area contributed by atoms with Crippen LogP contribution in [0.3, 0.4) is 0 Å². The molecule has 0 radical (unpaired) electrons. The zero-order valence-electron chi connectivity index (χ0n) is 24.2. The molecule has 2 aliphatic rings. The van der Waals surface area contributed by atoms with Gasteiger partial charge in [0.15, 0.2) is 0 Å². The van der Waals surface area contributed by atoms with Crippen LogP contribution < -0.4 is 0 Å². The molecule has 10 atom stereocenters. The molecule has 3 rings (SSSR count). The Morgan fingerprint density at radius 2 is 1.92 bits per heavy atom. The fourth-order valence-corrected chi connectivity index (χ4v) is 7.67. The second kappa shape index (κ2) is 12.8. The number of ether oxygens (including phenoxy) is 1. The van der Waals surface area contributed by atoms with Crippen molar-refractivity contribution in [2.24, 2.45) is 17.3 Å². The quantitative estimate of drug-likeness (QED) is 0.243. The Kier molecular flexibility index (Phi) is 10.7. The summed E-state index contributed by atoms with van der Waals surface area (Å²) in [6.07, 6.45) is 4.48. The molecule has 0 bridgehead atoms. The highest BCUT2D eigenvalue weighted by atomic mass is 32.1. The van der Waals surface area contributed by atoms with Gasteiger partial charge in [-0.05, 0) is 58.2 Å². The van der Waals surface area contributed by atoms with Gasteiger partial charge >= 0.3 is 5.97 Å². The number of aryl methyl sites for hydroxylation is 1. The van der Waals surface area contributed by atoms with E-state index in [2.05, 4.69) is 49.7 Å². The van der Waals surface area contributed by atoms with Crippen molar-refractivity contribution in [3.8, 4) is 0 Å². The highest BCUT2D eigenvalue weighted by molar-refractivity contribution is 7.10. The summed E-state index contributed by atoms with van der Waals surface area (Å²) >= 11 is 1.60. The number of ketones is 1. The van der Waals surface area contributed by atoms with Crippen LogP contribution in [-0.4, -0.2) is 58.6 Å². The molecule has 0 amide bonds. The summed E-state index contributed by atoms with van der Waals surface area (Å²) < 4.78 is 17.6.